The van der Waals surface area contributed by atoms with Crippen molar-refractivity contribution in [1.29, 1.82) is 0 Å². The van der Waals surface area contributed by atoms with E-state index in [1.165, 1.54) is 49.4 Å². The summed E-state index contributed by atoms with van der Waals surface area (Å²) in [7, 11) is 0. The van der Waals surface area contributed by atoms with E-state index >= 15 is 0 Å². The van der Waals surface area contributed by atoms with Crippen molar-refractivity contribution in [1.82, 2.24) is 0 Å². The molecule has 0 aliphatic heterocycles. The van der Waals surface area contributed by atoms with Crippen molar-refractivity contribution in [2.45, 2.75) is 6.92 Å². The molecule has 0 saturated heterocycles. The minimum absolute atomic E-state index is 1.23. The number of fused-ring (bicyclic) bond motifs is 2. The highest BCUT2D eigenvalue weighted by molar-refractivity contribution is 6.21. The fourth-order valence-electron chi connectivity index (χ4n) is 4.47. The van der Waals surface area contributed by atoms with Crippen LogP contribution in [0.4, 0.5) is 0 Å². The average Bonchev–Trinajstić information content (AvgIpc) is 2.83. The molecule has 0 nitrogen and oxygen atoms in total. The van der Waals surface area contributed by atoms with Gasteiger partial charge in [-0.3, -0.25) is 0 Å². The Morgan fingerprint density at radius 1 is 0.484 bits per heavy atom. The molecule has 0 atom stereocenters. The fourth-order valence-corrected chi connectivity index (χ4v) is 4.47. The molecule has 0 heteroatoms. The summed E-state index contributed by atoms with van der Waals surface area (Å²) in [4.78, 5) is 0. The summed E-state index contributed by atoms with van der Waals surface area (Å²) < 4.78 is 0. The number of hydrogen-bond acceptors (Lipinski definition) is 0. The highest BCUT2D eigenvalue weighted by Crippen LogP contribution is 2.44. The van der Waals surface area contributed by atoms with Crippen molar-refractivity contribution in [3.8, 4) is 22.3 Å². The van der Waals surface area contributed by atoms with E-state index in [4.69, 9.17) is 0 Å². The van der Waals surface area contributed by atoms with Gasteiger partial charge in [0.25, 0.3) is 0 Å². The van der Waals surface area contributed by atoms with Crippen molar-refractivity contribution >= 4 is 27.6 Å². The fraction of sp³-hybridized carbons (Fsp3) is 0.0323. The summed E-state index contributed by atoms with van der Waals surface area (Å²) in [5.41, 5.74) is 6.34. The lowest BCUT2D eigenvalue weighted by atomic mass is 9.85. The summed E-state index contributed by atoms with van der Waals surface area (Å²) >= 11 is 0. The zero-order valence-electron chi connectivity index (χ0n) is 17.6. The molecule has 0 unspecified atom stereocenters. The largest absolute Gasteiger partial charge is 0.0877 e. The first-order valence-electron chi connectivity index (χ1n) is 10.8. The third-order valence-electron chi connectivity index (χ3n) is 5.80. The first kappa shape index (κ1) is 19.1. The second kappa shape index (κ2) is 8.45. The quantitative estimate of drug-likeness (QED) is 0.210. The van der Waals surface area contributed by atoms with Crippen LogP contribution in [-0.2, 0) is 0 Å². The Labute approximate surface area is 183 Å². The molecule has 0 aromatic heterocycles. The van der Waals surface area contributed by atoms with Crippen molar-refractivity contribution in [2.24, 2.45) is 0 Å². The third kappa shape index (κ3) is 3.47. The van der Waals surface area contributed by atoms with Gasteiger partial charge in [0, 0.05) is 0 Å². The zero-order valence-corrected chi connectivity index (χ0v) is 17.6. The summed E-state index contributed by atoms with van der Waals surface area (Å²) in [6.45, 7) is 2.04. The number of hydrogen-bond donors (Lipinski definition) is 0. The highest BCUT2D eigenvalue weighted by Gasteiger charge is 2.17. The molecular weight excluding hydrogens is 372 g/mol. The number of rotatable bonds is 4. The molecule has 0 saturated carbocycles. The normalized spacial score (nSPS) is 11.8. The van der Waals surface area contributed by atoms with Crippen LogP contribution in [0.1, 0.15) is 12.5 Å². The molecule has 0 bridgehead atoms. The van der Waals surface area contributed by atoms with Crippen LogP contribution in [-0.4, -0.2) is 0 Å². The molecular formula is C31H24. The molecule has 0 fully saturated rings. The molecule has 0 aliphatic carbocycles. The van der Waals surface area contributed by atoms with Gasteiger partial charge in [0.15, 0.2) is 0 Å². The maximum Gasteiger partial charge on any atom is -0.00204 e. The second-order valence-corrected chi connectivity index (χ2v) is 7.68. The predicted molar refractivity (Wildman–Crippen MR) is 136 cm³/mol. The Balaban J connectivity index is 1.93. The lowest BCUT2D eigenvalue weighted by Gasteiger charge is -2.18. The lowest BCUT2D eigenvalue weighted by Crippen LogP contribution is -1.92. The Bertz CT molecular complexity index is 1360. The van der Waals surface area contributed by atoms with Crippen LogP contribution in [0.15, 0.2) is 121 Å². The van der Waals surface area contributed by atoms with E-state index in [0.29, 0.717) is 0 Å². The summed E-state index contributed by atoms with van der Waals surface area (Å²) in [6.07, 6.45) is 8.44. The minimum atomic E-state index is 1.23. The second-order valence-electron chi connectivity index (χ2n) is 7.68. The Morgan fingerprint density at radius 2 is 1.00 bits per heavy atom. The van der Waals surface area contributed by atoms with E-state index in [1.807, 2.05) is 6.92 Å². The third-order valence-corrected chi connectivity index (χ3v) is 5.80. The van der Waals surface area contributed by atoms with Crippen LogP contribution in [0.25, 0.3) is 49.9 Å². The summed E-state index contributed by atoms with van der Waals surface area (Å²) in [5.74, 6) is 0. The zero-order chi connectivity index (χ0) is 21.0. The van der Waals surface area contributed by atoms with E-state index in [0.717, 1.165) is 0 Å². The van der Waals surface area contributed by atoms with Crippen LogP contribution in [0, 0.1) is 0 Å². The molecule has 0 N–H and O–H groups in total. The van der Waals surface area contributed by atoms with Gasteiger partial charge in [-0.15, -0.1) is 0 Å². The Morgan fingerprint density at radius 3 is 1.61 bits per heavy atom. The summed E-state index contributed by atoms with van der Waals surface area (Å²) in [5, 5.41) is 5.14. The molecule has 148 valence electrons. The molecule has 5 rings (SSSR count). The number of benzene rings is 5. The Kier molecular flexibility index (Phi) is 5.21. The van der Waals surface area contributed by atoms with Crippen LogP contribution < -0.4 is 0 Å². The van der Waals surface area contributed by atoms with E-state index in [-0.39, 0.29) is 0 Å². The van der Waals surface area contributed by atoms with Gasteiger partial charge in [-0.25, -0.2) is 0 Å². The standard InChI is InChI=1S/C31H24/c1-2-3-5-14-23-15-8-9-18-25(23)31-28-21-12-10-19-26(28)30(24-16-6-4-7-17-24)27-20-11-13-22-29(27)31/h2-22H,1H3/b3-2-,14-5-. The van der Waals surface area contributed by atoms with E-state index in [1.54, 1.807) is 0 Å². The van der Waals surface area contributed by atoms with Gasteiger partial charge in [0.2, 0.25) is 0 Å². The van der Waals surface area contributed by atoms with Crippen molar-refractivity contribution in [2.75, 3.05) is 0 Å². The van der Waals surface area contributed by atoms with Gasteiger partial charge in [0.05, 0.1) is 0 Å². The highest BCUT2D eigenvalue weighted by atomic mass is 14.2. The maximum absolute atomic E-state index is 2.26. The van der Waals surface area contributed by atoms with Gasteiger partial charge >= 0.3 is 0 Å². The van der Waals surface area contributed by atoms with Crippen molar-refractivity contribution in [3.63, 3.8) is 0 Å². The van der Waals surface area contributed by atoms with E-state index in [9.17, 15) is 0 Å². The SMILES string of the molecule is C/C=C\C=C/c1ccccc1-c1c2ccccc2c(-c2ccccc2)c2ccccc12. The monoisotopic (exact) mass is 396 g/mol. The van der Waals surface area contributed by atoms with Gasteiger partial charge < -0.3 is 0 Å². The van der Waals surface area contributed by atoms with E-state index in [2.05, 4.69) is 127 Å². The molecule has 0 heterocycles. The van der Waals surface area contributed by atoms with Crippen LogP contribution in [0.3, 0.4) is 0 Å². The van der Waals surface area contributed by atoms with Gasteiger partial charge in [-0.2, -0.15) is 0 Å². The van der Waals surface area contributed by atoms with Gasteiger partial charge in [-0.05, 0) is 56.3 Å². The lowest BCUT2D eigenvalue weighted by molar-refractivity contribution is 1.62. The molecule has 5 aromatic rings. The van der Waals surface area contributed by atoms with Gasteiger partial charge in [0.1, 0.15) is 0 Å². The minimum Gasteiger partial charge on any atom is -0.0877 e. The molecule has 31 heavy (non-hydrogen) atoms. The van der Waals surface area contributed by atoms with Gasteiger partial charge in [-0.1, -0.05) is 127 Å². The smallest absolute Gasteiger partial charge is 0.00204 e. The predicted octanol–water partition coefficient (Wildman–Crippen LogP) is 8.92. The average molecular weight is 397 g/mol. The first-order valence-corrected chi connectivity index (χ1v) is 10.8. The summed E-state index contributed by atoms with van der Waals surface area (Å²) in [6, 6.07) is 37.0. The molecule has 0 radical (unpaired) electrons. The number of allylic oxidation sites excluding steroid dienone is 3. The van der Waals surface area contributed by atoms with E-state index < -0.39 is 0 Å². The van der Waals surface area contributed by atoms with Crippen LogP contribution in [0.2, 0.25) is 0 Å². The maximum atomic E-state index is 2.26. The molecule has 0 aliphatic rings. The molecule has 0 spiro atoms. The van der Waals surface area contributed by atoms with Crippen LogP contribution >= 0.6 is 0 Å². The first-order chi connectivity index (χ1) is 15.4. The molecule has 0 amide bonds. The Hall–Kier alpha value is -3.90. The van der Waals surface area contributed by atoms with Crippen LogP contribution in [0.5, 0.6) is 0 Å². The topological polar surface area (TPSA) is 0 Å². The molecule has 5 aromatic carbocycles. The van der Waals surface area contributed by atoms with Crippen molar-refractivity contribution in [3.05, 3.63) is 127 Å². The van der Waals surface area contributed by atoms with Crippen molar-refractivity contribution < 1.29 is 0 Å².